The van der Waals surface area contributed by atoms with Gasteiger partial charge in [-0.05, 0) is 22.3 Å². The van der Waals surface area contributed by atoms with E-state index in [1.54, 1.807) is 0 Å². The molecule has 2 amide bonds. The molecule has 1 atom stereocenters. The van der Waals surface area contributed by atoms with Crippen molar-refractivity contribution in [2.24, 2.45) is 5.92 Å². The van der Waals surface area contributed by atoms with Gasteiger partial charge in [-0.25, -0.2) is 4.79 Å². The Hall–Kier alpha value is -3.15. The molecule has 4 rings (SSSR count). The topological polar surface area (TPSA) is 83.9 Å². The summed E-state index contributed by atoms with van der Waals surface area (Å²) in [6.07, 6.45) is -1.75. The van der Waals surface area contributed by atoms with Crippen LogP contribution in [-0.2, 0) is 14.4 Å². The quantitative estimate of drug-likeness (QED) is 0.859. The van der Waals surface area contributed by atoms with Crippen LogP contribution in [0.25, 0.3) is 11.1 Å². The highest BCUT2D eigenvalue weighted by Crippen LogP contribution is 2.50. The Labute approximate surface area is 137 Å². The maximum absolute atomic E-state index is 12.6. The first-order valence-corrected chi connectivity index (χ1v) is 7.54. The van der Waals surface area contributed by atoms with Crippen LogP contribution in [0, 0.1) is 5.92 Å². The van der Waals surface area contributed by atoms with Gasteiger partial charge in [0.15, 0.2) is 0 Å². The molecule has 2 aromatic rings. The fourth-order valence-corrected chi connectivity index (χ4v) is 3.69. The first-order valence-electron chi connectivity index (χ1n) is 7.54. The van der Waals surface area contributed by atoms with Crippen molar-refractivity contribution >= 4 is 18.0 Å². The number of hydrogen-bond acceptors (Lipinski definition) is 4. The summed E-state index contributed by atoms with van der Waals surface area (Å²) < 4.78 is 0. The minimum absolute atomic E-state index is 0.0700. The second kappa shape index (κ2) is 5.19. The van der Waals surface area contributed by atoms with Crippen molar-refractivity contribution in [3.05, 3.63) is 59.7 Å². The van der Waals surface area contributed by atoms with E-state index in [-0.39, 0.29) is 12.3 Å². The van der Waals surface area contributed by atoms with E-state index >= 15 is 0 Å². The van der Waals surface area contributed by atoms with Gasteiger partial charge in [0.2, 0.25) is 0 Å². The number of fused-ring (bicyclic) bond motifs is 3. The largest absolute Gasteiger partial charge is 0.531 e. The molecule has 0 spiro atoms. The summed E-state index contributed by atoms with van der Waals surface area (Å²) in [5.41, 5.74) is 4.02. The van der Waals surface area contributed by atoms with Gasteiger partial charge in [-0.1, -0.05) is 53.6 Å². The molecule has 1 aliphatic heterocycles. The molecule has 2 aromatic carbocycles. The van der Waals surface area contributed by atoms with Gasteiger partial charge in [-0.15, -0.1) is 0 Å². The molecule has 6 heteroatoms. The van der Waals surface area contributed by atoms with Crippen molar-refractivity contribution in [3.8, 4) is 11.1 Å². The van der Waals surface area contributed by atoms with Gasteiger partial charge >= 0.3 is 6.16 Å². The van der Waals surface area contributed by atoms with Crippen LogP contribution in [-0.4, -0.2) is 28.1 Å². The number of hydroxylamine groups is 2. The number of amides is 2. The zero-order chi connectivity index (χ0) is 16.8. The van der Waals surface area contributed by atoms with Crippen molar-refractivity contribution in [2.45, 2.75) is 12.3 Å². The third kappa shape index (κ3) is 2.00. The van der Waals surface area contributed by atoms with E-state index in [2.05, 4.69) is 4.84 Å². The zero-order valence-electron chi connectivity index (χ0n) is 12.5. The summed E-state index contributed by atoms with van der Waals surface area (Å²) in [5.74, 6) is -2.19. The molecule has 2 aliphatic rings. The maximum Gasteiger partial charge on any atom is 0.531 e. The van der Waals surface area contributed by atoms with Gasteiger partial charge < -0.3 is 5.11 Å². The van der Waals surface area contributed by atoms with Crippen molar-refractivity contribution < 1.29 is 24.3 Å². The van der Waals surface area contributed by atoms with Crippen molar-refractivity contribution in [3.63, 3.8) is 0 Å². The second-order valence-electron chi connectivity index (χ2n) is 5.85. The molecule has 1 aliphatic carbocycles. The normalized spacial score (nSPS) is 19.3. The molecule has 1 unspecified atom stereocenters. The summed E-state index contributed by atoms with van der Waals surface area (Å²) in [6.45, 7) is 0. The van der Waals surface area contributed by atoms with Gasteiger partial charge in [-0.3, -0.25) is 14.4 Å². The number of carbonyl (C=O) groups excluding carboxylic acids is 2. The van der Waals surface area contributed by atoms with Crippen LogP contribution in [0.4, 0.5) is 4.79 Å². The number of carbonyl (C=O) groups is 3. The number of hydrogen-bond donors (Lipinski definition) is 1. The highest BCUT2D eigenvalue weighted by atomic mass is 16.8. The molecule has 0 aromatic heterocycles. The van der Waals surface area contributed by atoms with E-state index < -0.39 is 23.9 Å². The van der Waals surface area contributed by atoms with E-state index in [1.807, 2.05) is 48.5 Å². The number of nitrogens with zero attached hydrogens (tertiary/aromatic N) is 1. The lowest BCUT2D eigenvalue weighted by molar-refractivity contribution is -0.176. The van der Waals surface area contributed by atoms with E-state index in [1.165, 1.54) is 0 Å². The molecule has 1 fully saturated rings. The van der Waals surface area contributed by atoms with E-state index in [0.29, 0.717) is 5.06 Å². The van der Waals surface area contributed by atoms with Crippen LogP contribution in [0.15, 0.2) is 48.5 Å². The number of carboxylic acid groups (broad SMARTS) is 1. The second-order valence-corrected chi connectivity index (χ2v) is 5.85. The standard InChI is InChI=1S/C18H13NO5/c20-15-9-14(17(21)19(15)24-18(22)23)16-12-7-3-1-5-10(12)11-6-2-4-8-13(11)16/h1-8,14,16H,9H2,(H,22,23). The Balaban J connectivity index is 1.79. The highest BCUT2D eigenvalue weighted by Gasteiger charge is 2.48. The van der Waals surface area contributed by atoms with Gasteiger partial charge in [0, 0.05) is 12.3 Å². The van der Waals surface area contributed by atoms with Crippen LogP contribution >= 0.6 is 0 Å². The molecular formula is C18H13NO5. The fraction of sp³-hybridized carbons (Fsp3) is 0.167. The molecular weight excluding hydrogens is 310 g/mol. The van der Waals surface area contributed by atoms with Crippen molar-refractivity contribution in [1.82, 2.24) is 5.06 Å². The average Bonchev–Trinajstić information content (AvgIpc) is 3.04. The molecule has 1 heterocycles. The SMILES string of the molecule is O=C(O)ON1C(=O)CC(C2c3ccccc3-c3ccccc32)C1=O. The molecule has 0 radical (unpaired) electrons. The summed E-state index contributed by atoms with van der Waals surface area (Å²) in [5, 5.41) is 9.08. The van der Waals surface area contributed by atoms with Crippen molar-refractivity contribution in [2.75, 3.05) is 0 Å². The minimum Gasteiger partial charge on any atom is -0.448 e. The summed E-state index contributed by atoms with van der Waals surface area (Å²) in [7, 11) is 0. The molecule has 0 bridgehead atoms. The Morgan fingerprint density at radius 2 is 1.54 bits per heavy atom. The zero-order valence-corrected chi connectivity index (χ0v) is 12.5. The van der Waals surface area contributed by atoms with Crippen LogP contribution in [0.1, 0.15) is 23.5 Å². The van der Waals surface area contributed by atoms with Gasteiger partial charge in [0.1, 0.15) is 0 Å². The Bertz CT molecular complexity index is 830. The summed E-state index contributed by atoms with van der Waals surface area (Å²) in [6, 6.07) is 15.5. The van der Waals surface area contributed by atoms with E-state index in [0.717, 1.165) is 22.3 Å². The van der Waals surface area contributed by atoms with E-state index in [9.17, 15) is 14.4 Å². The molecule has 0 saturated carbocycles. The number of imide groups is 1. The van der Waals surface area contributed by atoms with Crippen LogP contribution < -0.4 is 0 Å². The first kappa shape index (κ1) is 14.4. The third-order valence-corrected chi connectivity index (χ3v) is 4.59. The highest BCUT2D eigenvalue weighted by molar-refractivity contribution is 6.04. The Kier molecular flexibility index (Phi) is 3.13. The number of rotatable bonds is 2. The Morgan fingerprint density at radius 3 is 2.08 bits per heavy atom. The first-order chi connectivity index (χ1) is 11.6. The van der Waals surface area contributed by atoms with Crippen LogP contribution in [0.3, 0.4) is 0 Å². The monoisotopic (exact) mass is 323 g/mol. The summed E-state index contributed by atoms with van der Waals surface area (Å²) >= 11 is 0. The van der Waals surface area contributed by atoms with E-state index in [4.69, 9.17) is 5.11 Å². The smallest absolute Gasteiger partial charge is 0.448 e. The summed E-state index contributed by atoms with van der Waals surface area (Å²) in [4.78, 5) is 39.7. The van der Waals surface area contributed by atoms with Crippen LogP contribution in [0.2, 0.25) is 0 Å². The molecule has 1 N–H and O–H groups in total. The molecule has 24 heavy (non-hydrogen) atoms. The van der Waals surface area contributed by atoms with Gasteiger partial charge in [0.05, 0.1) is 5.92 Å². The fourth-order valence-electron chi connectivity index (χ4n) is 3.69. The van der Waals surface area contributed by atoms with Crippen LogP contribution in [0.5, 0.6) is 0 Å². The lowest BCUT2D eigenvalue weighted by Gasteiger charge is -2.19. The predicted octanol–water partition coefficient (Wildman–Crippen LogP) is 2.78. The van der Waals surface area contributed by atoms with Crippen molar-refractivity contribution in [1.29, 1.82) is 0 Å². The Morgan fingerprint density at radius 1 is 1.00 bits per heavy atom. The van der Waals surface area contributed by atoms with Gasteiger partial charge in [0.25, 0.3) is 11.8 Å². The van der Waals surface area contributed by atoms with Gasteiger partial charge in [-0.2, -0.15) is 0 Å². The minimum atomic E-state index is -1.68. The maximum atomic E-state index is 12.6. The molecule has 6 nitrogen and oxygen atoms in total. The average molecular weight is 323 g/mol. The molecule has 1 saturated heterocycles. The lowest BCUT2D eigenvalue weighted by atomic mass is 9.83. The molecule has 120 valence electrons. The third-order valence-electron chi connectivity index (χ3n) is 4.59. The lowest BCUT2D eigenvalue weighted by Crippen LogP contribution is -2.33. The predicted molar refractivity (Wildman–Crippen MR) is 82.8 cm³/mol. The number of benzene rings is 2.